The van der Waals surface area contributed by atoms with E-state index in [-0.39, 0.29) is 11.9 Å². The van der Waals surface area contributed by atoms with Crippen molar-refractivity contribution in [2.75, 3.05) is 18.1 Å². The fraction of sp³-hybridized carbons (Fsp3) is 0.455. The Balaban J connectivity index is 2.19. The number of ether oxygens (including phenoxy) is 1. The summed E-state index contributed by atoms with van der Waals surface area (Å²) in [4.78, 5) is 0. The van der Waals surface area contributed by atoms with Gasteiger partial charge >= 0.3 is 0 Å². The Morgan fingerprint density at radius 3 is 3.06 bits per heavy atom. The van der Waals surface area contributed by atoms with E-state index in [1.807, 2.05) is 0 Å². The minimum Gasteiger partial charge on any atom is -0.375 e. The normalized spacial score (nSPS) is 23.1. The smallest absolute Gasteiger partial charge is 0.142 e. The van der Waals surface area contributed by atoms with E-state index in [2.05, 4.69) is 15.9 Å². The molecule has 88 valence electrons. The molecule has 2 unspecified atom stereocenters. The van der Waals surface area contributed by atoms with Crippen molar-refractivity contribution < 1.29 is 9.13 Å². The van der Waals surface area contributed by atoms with E-state index < -0.39 is 6.04 Å². The van der Waals surface area contributed by atoms with Crippen LogP contribution in [0.5, 0.6) is 0 Å². The Hall–Kier alpha value is -0.100. The van der Waals surface area contributed by atoms with Crippen molar-refractivity contribution in [1.29, 1.82) is 0 Å². The summed E-state index contributed by atoms with van der Waals surface area (Å²) >= 11 is 4.96. The van der Waals surface area contributed by atoms with Gasteiger partial charge in [-0.25, -0.2) is 4.39 Å². The van der Waals surface area contributed by atoms with Gasteiger partial charge in [-0.1, -0.05) is 12.1 Å². The molecule has 0 radical (unpaired) electrons. The minimum absolute atomic E-state index is 0.0949. The maximum Gasteiger partial charge on any atom is 0.142 e. The molecule has 0 aliphatic carbocycles. The van der Waals surface area contributed by atoms with Gasteiger partial charge in [0, 0.05) is 17.1 Å². The fourth-order valence-corrected chi connectivity index (χ4v) is 2.99. The molecule has 0 spiro atoms. The Bertz CT molecular complexity index is 371. The predicted molar refractivity (Wildman–Crippen MR) is 68.1 cm³/mol. The van der Waals surface area contributed by atoms with Crippen LogP contribution in [0, 0.1) is 5.82 Å². The molecule has 16 heavy (non-hydrogen) atoms. The van der Waals surface area contributed by atoms with E-state index in [9.17, 15) is 4.39 Å². The second kappa shape index (κ2) is 5.49. The molecule has 5 heteroatoms. The first-order valence-corrected chi connectivity index (χ1v) is 7.03. The van der Waals surface area contributed by atoms with Gasteiger partial charge in [0.25, 0.3) is 0 Å². The van der Waals surface area contributed by atoms with Crippen LogP contribution in [0.4, 0.5) is 4.39 Å². The molecule has 1 fully saturated rings. The van der Waals surface area contributed by atoms with Gasteiger partial charge in [0.15, 0.2) is 0 Å². The molecule has 2 N–H and O–H groups in total. The van der Waals surface area contributed by atoms with Gasteiger partial charge in [-0.2, -0.15) is 11.8 Å². The number of halogens is 2. The number of thioether (sulfide) groups is 1. The van der Waals surface area contributed by atoms with Crippen LogP contribution in [-0.4, -0.2) is 24.2 Å². The molecule has 0 amide bonds. The number of nitrogens with two attached hydrogens (primary N) is 1. The molecule has 1 saturated heterocycles. The Labute approximate surface area is 107 Å². The molecule has 1 aliphatic rings. The molecule has 1 aromatic carbocycles. The maximum atomic E-state index is 13.8. The van der Waals surface area contributed by atoms with Gasteiger partial charge in [0.05, 0.1) is 23.2 Å². The van der Waals surface area contributed by atoms with Crippen molar-refractivity contribution in [3.05, 3.63) is 34.1 Å². The van der Waals surface area contributed by atoms with E-state index in [0.717, 1.165) is 11.5 Å². The van der Waals surface area contributed by atoms with E-state index in [1.54, 1.807) is 30.0 Å². The van der Waals surface area contributed by atoms with E-state index >= 15 is 0 Å². The second-order valence-corrected chi connectivity index (χ2v) is 5.66. The zero-order valence-corrected chi connectivity index (χ0v) is 11.1. The minimum atomic E-state index is -0.398. The lowest BCUT2D eigenvalue weighted by Crippen LogP contribution is -2.35. The monoisotopic (exact) mass is 305 g/mol. The summed E-state index contributed by atoms with van der Waals surface area (Å²) < 4.78 is 19.8. The van der Waals surface area contributed by atoms with E-state index in [1.165, 1.54) is 0 Å². The Morgan fingerprint density at radius 2 is 2.38 bits per heavy atom. The Morgan fingerprint density at radius 1 is 1.56 bits per heavy atom. The highest BCUT2D eigenvalue weighted by Crippen LogP contribution is 2.28. The molecule has 1 heterocycles. The summed E-state index contributed by atoms with van der Waals surface area (Å²) in [6, 6.07) is 4.78. The van der Waals surface area contributed by atoms with E-state index in [4.69, 9.17) is 10.5 Å². The third-order valence-corrected chi connectivity index (χ3v) is 4.21. The molecule has 2 nitrogen and oxygen atoms in total. The zero-order valence-electron chi connectivity index (χ0n) is 8.66. The van der Waals surface area contributed by atoms with Gasteiger partial charge in [-0.05, 0) is 22.0 Å². The van der Waals surface area contributed by atoms with Gasteiger partial charge in [-0.3, -0.25) is 0 Å². The van der Waals surface area contributed by atoms with Crippen LogP contribution in [0.3, 0.4) is 0 Å². The van der Waals surface area contributed by atoms with Gasteiger partial charge in [0.1, 0.15) is 5.82 Å². The van der Waals surface area contributed by atoms with Crippen molar-refractivity contribution in [3.8, 4) is 0 Å². The van der Waals surface area contributed by atoms with Crippen LogP contribution in [0.2, 0.25) is 0 Å². The molecular weight excluding hydrogens is 293 g/mol. The van der Waals surface area contributed by atoms with Crippen LogP contribution < -0.4 is 5.73 Å². The number of hydrogen-bond donors (Lipinski definition) is 1. The molecule has 2 rings (SSSR count). The fourth-order valence-electron chi connectivity index (χ4n) is 1.69. The number of benzene rings is 1. The van der Waals surface area contributed by atoms with E-state index in [0.29, 0.717) is 16.6 Å². The standard InChI is InChI=1S/C11H13BrFNOS/c12-8-3-1-2-7(10(8)13)11(14)9-6-16-5-4-15-9/h1-3,9,11H,4-6,14H2. The van der Waals surface area contributed by atoms with Gasteiger partial charge in [-0.15, -0.1) is 0 Å². The van der Waals surface area contributed by atoms with Crippen LogP contribution in [-0.2, 0) is 4.74 Å². The van der Waals surface area contributed by atoms with Crippen LogP contribution in [0.25, 0.3) is 0 Å². The third kappa shape index (κ3) is 2.59. The lowest BCUT2D eigenvalue weighted by molar-refractivity contribution is 0.0560. The maximum absolute atomic E-state index is 13.8. The highest BCUT2D eigenvalue weighted by atomic mass is 79.9. The van der Waals surface area contributed by atoms with Crippen molar-refractivity contribution in [2.24, 2.45) is 5.73 Å². The first-order chi connectivity index (χ1) is 7.70. The van der Waals surface area contributed by atoms with Crippen molar-refractivity contribution in [1.82, 2.24) is 0 Å². The summed E-state index contributed by atoms with van der Waals surface area (Å²) in [5.74, 6) is 1.53. The molecule has 0 bridgehead atoms. The van der Waals surface area contributed by atoms with Crippen molar-refractivity contribution >= 4 is 27.7 Å². The SMILES string of the molecule is NC(c1cccc(Br)c1F)C1CSCCO1. The summed E-state index contributed by atoms with van der Waals surface area (Å²) in [6.07, 6.45) is -0.0949. The summed E-state index contributed by atoms with van der Waals surface area (Å²) in [6.45, 7) is 0.693. The second-order valence-electron chi connectivity index (χ2n) is 3.65. The molecular formula is C11H13BrFNOS. The van der Waals surface area contributed by atoms with Gasteiger partial charge in [0.2, 0.25) is 0 Å². The third-order valence-electron chi connectivity index (χ3n) is 2.58. The topological polar surface area (TPSA) is 35.2 Å². The Kier molecular flexibility index (Phi) is 4.24. The van der Waals surface area contributed by atoms with Crippen molar-refractivity contribution in [2.45, 2.75) is 12.1 Å². The first-order valence-electron chi connectivity index (χ1n) is 5.09. The average Bonchev–Trinajstić information content (AvgIpc) is 2.33. The zero-order chi connectivity index (χ0) is 11.5. The van der Waals surface area contributed by atoms with Crippen molar-refractivity contribution in [3.63, 3.8) is 0 Å². The highest BCUT2D eigenvalue weighted by Gasteiger charge is 2.25. The lowest BCUT2D eigenvalue weighted by Gasteiger charge is -2.28. The van der Waals surface area contributed by atoms with Crippen LogP contribution in [0.15, 0.2) is 22.7 Å². The molecule has 1 aromatic rings. The molecule has 0 saturated carbocycles. The quantitative estimate of drug-likeness (QED) is 0.912. The highest BCUT2D eigenvalue weighted by molar-refractivity contribution is 9.10. The largest absolute Gasteiger partial charge is 0.375 e. The molecule has 2 atom stereocenters. The number of rotatable bonds is 2. The summed E-state index contributed by atoms with van der Waals surface area (Å²) in [7, 11) is 0. The molecule has 0 aromatic heterocycles. The van der Waals surface area contributed by atoms with Gasteiger partial charge < -0.3 is 10.5 Å². The lowest BCUT2D eigenvalue weighted by atomic mass is 10.0. The average molecular weight is 306 g/mol. The summed E-state index contributed by atoms with van der Waals surface area (Å²) in [5, 5.41) is 0. The van der Waals surface area contributed by atoms with Crippen LogP contribution >= 0.6 is 27.7 Å². The molecule has 1 aliphatic heterocycles. The predicted octanol–water partition coefficient (Wildman–Crippen LogP) is 2.72. The first kappa shape index (κ1) is 12.4. The summed E-state index contributed by atoms with van der Waals surface area (Å²) in [5.41, 5.74) is 6.56. The van der Waals surface area contributed by atoms with Crippen LogP contribution in [0.1, 0.15) is 11.6 Å². The number of hydrogen-bond acceptors (Lipinski definition) is 3.